The highest BCUT2D eigenvalue weighted by Gasteiger charge is 2.36. The van der Waals surface area contributed by atoms with Gasteiger partial charge in [0, 0.05) is 17.5 Å². The Balaban J connectivity index is 1.59. The van der Waals surface area contributed by atoms with Gasteiger partial charge < -0.3 is 10.1 Å². The molecule has 2 nitrogen and oxygen atoms in total. The second-order valence-corrected chi connectivity index (χ2v) is 7.32. The molecule has 0 amide bonds. The molecule has 0 heterocycles. The summed E-state index contributed by atoms with van der Waals surface area (Å²) in [4.78, 5) is 0. The predicted octanol–water partition coefficient (Wildman–Crippen LogP) is 3.89. The Morgan fingerprint density at radius 2 is 1.90 bits per heavy atom. The lowest BCUT2D eigenvalue weighted by atomic mass is 9.76. The molecule has 1 aromatic rings. The SMILES string of the molecule is COc1cccc2c1[C@@H](CC1CC1)[C@@H](NCC1CC1)CC2. The van der Waals surface area contributed by atoms with E-state index in [-0.39, 0.29) is 0 Å². The number of nitrogens with one attached hydrogen (secondary N) is 1. The quantitative estimate of drug-likeness (QED) is 0.856. The molecule has 1 aromatic carbocycles. The highest BCUT2D eigenvalue weighted by atomic mass is 16.5. The average molecular weight is 285 g/mol. The molecule has 3 aliphatic rings. The molecule has 0 aliphatic heterocycles. The molecule has 0 unspecified atom stereocenters. The number of fused-ring (bicyclic) bond motifs is 1. The van der Waals surface area contributed by atoms with Gasteiger partial charge in [-0.05, 0) is 62.1 Å². The van der Waals surface area contributed by atoms with Gasteiger partial charge in [0.2, 0.25) is 0 Å². The molecule has 4 rings (SSSR count). The van der Waals surface area contributed by atoms with Crippen LogP contribution in [0.15, 0.2) is 18.2 Å². The zero-order valence-corrected chi connectivity index (χ0v) is 13.1. The van der Waals surface area contributed by atoms with Crippen molar-refractivity contribution < 1.29 is 4.74 Å². The molecule has 0 saturated heterocycles. The lowest BCUT2D eigenvalue weighted by Crippen LogP contribution is -2.39. The third-order valence-electron chi connectivity index (χ3n) is 5.61. The average Bonchev–Trinajstić information content (AvgIpc) is 3.40. The van der Waals surface area contributed by atoms with Gasteiger partial charge >= 0.3 is 0 Å². The Morgan fingerprint density at radius 1 is 1.10 bits per heavy atom. The third kappa shape index (κ3) is 2.96. The maximum atomic E-state index is 5.70. The van der Waals surface area contributed by atoms with Gasteiger partial charge in [0.05, 0.1) is 7.11 Å². The standard InChI is InChI=1S/C19H27NO/c1-21-18-4-2-3-15-9-10-17(20-12-14-7-8-14)16(19(15)18)11-13-5-6-13/h2-4,13-14,16-17,20H,5-12H2,1H3/t16-,17-/m0/s1. The number of hydrogen-bond donors (Lipinski definition) is 1. The van der Waals surface area contributed by atoms with E-state index in [9.17, 15) is 0 Å². The van der Waals surface area contributed by atoms with Crippen molar-refractivity contribution in [3.05, 3.63) is 29.3 Å². The van der Waals surface area contributed by atoms with Gasteiger partial charge in [-0.15, -0.1) is 0 Å². The summed E-state index contributed by atoms with van der Waals surface area (Å²) in [7, 11) is 1.82. The van der Waals surface area contributed by atoms with Crippen molar-refractivity contribution >= 4 is 0 Å². The molecule has 21 heavy (non-hydrogen) atoms. The second-order valence-electron chi connectivity index (χ2n) is 7.32. The molecule has 0 radical (unpaired) electrons. The predicted molar refractivity (Wildman–Crippen MR) is 85.9 cm³/mol. The molecular formula is C19H27NO. The largest absolute Gasteiger partial charge is 0.496 e. The third-order valence-corrected chi connectivity index (χ3v) is 5.61. The topological polar surface area (TPSA) is 21.3 Å². The van der Waals surface area contributed by atoms with E-state index >= 15 is 0 Å². The van der Waals surface area contributed by atoms with Gasteiger partial charge in [-0.25, -0.2) is 0 Å². The number of rotatable bonds is 6. The van der Waals surface area contributed by atoms with Crippen LogP contribution in [0.1, 0.15) is 55.6 Å². The van der Waals surface area contributed by atoms with Gasteiger partial charge in [-0.1, -0.05) is 25.0 Å². The highest BCUT2D eigenvalue weighted by Crippen LogP contribution is 2.46. The van der Waals surface area contributed by atoms with Crippen molar-refractivity contribution in [3.8, 4) is 5.75 Å². The monoisotopic (exact) mass is 285 g/mol. The first-order chi connectivity index (χ1) is 10.3. The summed E-state index contributed by atoms with van der Waals surface area (Å²) in [6, 6.07) is 7.29. The molecule has 0 spiro atoms. The number of methoxy groups -OCH3 is 1. The molecule has 2 saturated carbocycles. The van der Waals surface area contributed by atoms with E-state index in [0.717, 1.165) is 17.6 Å². The fraction of sp³-hybridized carbons (Fsp3) is 0.684. The lowest BCUT2D eigenvalue weighted by Gasteiger charge is -2.35. The minimum Gasteiger partial charge on any atom is -0.496 e. The van der Waals surface area contributed by atoms with Crippen LogP contribution < -0.4 is 10.1 Å². The summed E-state index contributed by atoms with van der Waals surface area (Å²) >= 11 is 0. The van der Waals surface area contributed by atoms with Crippen molar-refractivity contribution in [2.75, 3.05) is 13.7 Å². The van der Waals surface area contributed by atoms with Crippen molar-refractivity contribution in [2.45, 2.75) is 56.9 Å². The fourth-order valence-corrected chi connectivity index (χ4v) is 4.00. The summed E-state index contributed by atoms with van der Waals surface area (Å²) in [6.45, 7) is 1.23. The Kier molecular flexibility index (Phi) is 3.66. The van der Waals surface area contributed by atoms with E-state index in [1.54, 1.807) is 0 Å². The molecule has 0 aromatic heterocycles. The summed E-state index contributed by atoms with van der Waals surface area (Å²) in [6.07, 6.45) is 9.61. The van der Waals surface area contributed by atoms with Crippen LogP contribution in [0, 0.1) is 11.8 Å². The van der Waals surface area contributed by atoms with E-state index in [1.165, 1.54) is 62.6 Å². The van der Waals surface area contributed by atoms with Gasteiger partial charge in [0.15, 0.2) is 0 Å². The Morgan fingerprint density at radius 3 is 2.62 bits per heavy atom. The molecule has 114 valence electrons. The molecular weight excluding hydrogens is 258 g/mol. The van der Waals surface area contributed by atoms with E-state index < -0.39 is 0 Å². The van der Waals surface area contributed by atoms with Crippen LogP contribution in [0.25, 0.3) is 0 Å². The van der Waals surface area contributed by atoms with E-state index in [4.69, 9.17) is 4.74 Å². The summed E-state index contributed by atoms with van der Waals surface area (Å²) in [5.41, 5.74) is 3.05. The van der Waals surface area contributed by atoms with Crippen LogP contribution in [-0.4, -0.2) is 19.7 Å². The fourth-order valence-electron chi connectivity index (χ4n) is 4.00. The van der Waals surface area contributed by atoms with E-state index in [1.807, 2.05) is 7.11 Å². The summed E-state index contributed by atoms with van der Waals surface area (Å²) in [5, 5.41) is 3.90. The van der Waals surface area contributed by atoms with Crippen molar-refractivity contribution in [1.29, 1.82) is 0 Å². The van der Waals surface area contributed by atoms with Crippen molar-refractivity contribution in [3.63, 3.8) is 0 Å². The minimum absolute atomic E-state index is 0.662. The first-order valence-electron chi connectivity index (χ1n) is 8.74. The van der Waals surface area contributed by atoms with E-state index in [0.29, 0.717) is 12.0 Å². The Labute approximate surface area is 128 Å². The first kappa shape index (κ1) is 13.6. The smallest absolute Gasteiger partial charge is 0.122 e. The maximum Gasteiger partial charge on any atom is 0.122 e. The Bertz CT molecular complexity index is 490. The second kappa shape index (κ2) is 5.64. The minimum atomic E-state index is 0.662. The Hall–Kier alpha value is -1.02. The van der Waals surface area contributed by atoms with Crippen LogP contribution in [0.2, 0.25) is 0 Å². The molecule has 2 heteroatoms. The van der Waals surface area contributed by atoms with Crippen LogP contribution >= 0.6 is 0 Å². The number of aryl methyl sites for hydroxylation is 1. The molecule has 2 fully saturated rings. The zero-order valence-electron chi connectivity index (χ0n) is 13.1. The van der Waals surface area contributed by atoms with Crippen LogP contribution in [0.4, 0.5) is 0 Å². The molecule has 0 bridgehead atoms. The normalized spacial score (nSPS) is 28.2. The highest BCUT2D eigenvalue weighted by molar-refractivity contribution is 5.45. The number of ether oxygens (including phenoxy) is 1. The molecule has 3 aliphatic carbocycles. The van der Waals surface area contributed by atoms with Crippen molar-refractivity contribution in [2.24, 2.45) is 11.8 Å². The van der Waals surface area contributed by atoms with Gasteiger partial charge in [0.25, 0.3) is 0 Å². The lowest BCUT2D eigenvalue weighted by molar-refractivity contribution is 0.337. The zero-order chi connectivity index (χ0) is 14.2. The van der Waals surface area contributed by atoms with Crippen LogP contribution in [-0.2, 0) is 6.42 Å². The summed E-state index contributed by atoms with van der Waals surface area (Å²) in [5.74, 6) is 3.72. The number of benzene rings is 1. The van der Waals surface area contributed by atoms with Gasteiger partial charge in [0.1, 0.15) is 5.75 Å². The molecule has 1 N–H and O–H groups in total. The van der Waals surface area contributed by atoms with Crippen LogP contribution in [0.3, 0.4) is 0 Å². The number of hydrogen-bond acceptors (Lipinski definition) is 2. The van der Waals surface area contributed by atoms with Crippen LogP contribution in [0.5, 0.6) is 5.75 Å². The van der Waals surface area contributed by atoms with Crippen molar-refractivity contribution in [1.82, 2.24) is 5.32 Å². The first-order valence-corrected chi connectivity index (χ1v) is 8.74. The van der Waals surface area contributed by atoms with E-state index in [2.05, 4.69) is 23.5 Å². The maximum absolute atomic E-state index is 5.70. The molecule has 2 atom stereocenters. The van der Waals surface area contributed by atoms with Gasteiger partial charge in [-0.2, -0.15) is 0 Å². The summed E-state index contributed by atoms with van der Waals surface area (Å²) < 4.78 is 5.70. The van der Waals surface area contributed by atoms with Gasteiger partial charge in [-0.3, -0.25) is 0 Å².